The minimum atomic E-state index is -5.59. The molecule has 0 aliphatic heterocycles. The molecule has 10 aromatic carbocycles. The van der Waals surface area contributed by atoms with E-state index >= 15 is 0 Å². The summed E-state index contributed by atoms with van der Waals surface area (Å²) in [6, 6.07) is 35.0. The molecule has 0 heterocycles. The van der Waals surface area contributed by atoms with E-state index in [1.54, 1.807) is 60.7 Å². The molecule has 0 spiro atoms. The molecule has 0 unspecified atom stereocenters. The van der Waals surface area contributed by atoms with Gasteiger partial charge in [0.15, 0.2) is 142 Å². The van der Waals surface area contributed by atoms with Crippen molar-refractivity contribution in [2.75, 3.05) is 0 Å². The lowest BCUT2D eigenvalue weighted by Gasteiger charge is -2.12. The van der Waals surface area contributed by atoms with Gasteiger partial charge in [0, 0.05) is 0 Å². The van der Waals surface area contributed by atoms with Crippen LogP contribution in [-0.2, 0) is 62.3 Å². The van der Waals surface area contributed by atoms with Gasteiger partial charge in [0.2, 0.25) is 23.3 Å². The fourth-order valence-corrected chi connectivity index (χ4v) is 16.7. The Hall–Kier alpha value is -9.50. The first-order chi connectivity index (χ1) is 45.9. The summed E-state index contributed by atoms with van der Waals surface area (Å²) in [7, 11) is -24.6. The summed E-state index contributed by atoms with van der Waals surface area (Å²) in [5.74, 6) is -53.8. The molecule has 0 fully saturated rings. The Balaban J connectivity index is 0.000000250. The summed E-state index contributed by atoms with van der Waals surface area (Å²) in [6.45, 7) is 0. The lowest BCUT2D eigenvalue weighted by Crippen LogP contribution is -2.17. The molecule has 0 aromatic heterocycles. The highest BCUT2D eigenvalue weighted by molar-refractivity contribution is 7.97. The van der Waals surface area contributed by atoms with Crippen LogP contribution in [-0.4, -0.2) is 33.7 Å². The Labute approximate surface area is 551 Å². The van der Waals surface area contributed by atoms with Gasteiger partial charge in [-0.05, 0) is 121 Å². The Morgan fingerprint density at radius 3 is 0.475 bits per heavy atom. The average Bonchev–Trinajstić information content (AvgIpc) is 0.776. The van der Waals surface area contributed by atoms with E-state index in [1.165, 1.54) is 48.5 Å². The highest BCUT2D eigenvalue weighted by Gasteiger charge is 2.41. The third kappa shape index (κ3) is 14.9. The van der Waals surface area contributed by atoms with Crippen LogP contribution < -0.4 is 16.7 Å². The van der Waals surface area contributed by atoms with Gasteiger partial charge < -0.3 is 16.7 Å². The molecule has 0 aliphatic rings. The molecule has 0 radical (unpaired) electrons. The smallest absolute Gasteiger partial charge is 0.345 e. The summed E-state index contributed by atoms with van der Waals surface area (Å²) in [5, 5.41) is 0. The van der Waals surface area contributed by atoms with Crippen molar-refractivity contribution in [2.24, 2.45) is 0 Å². The fraction of sp³-hybridized carbons (Fsp3) is 0.0164. The molecule has 0 atom stereocenters. The lowest BCUT2D eigenvalue weighted by molar-refractivity contribution is 0.352. The maximum atomic E-state index is 14.1. The molecule has 0 N–H and O–H groups in total. The maximum Gasteiger partial charge on any atom is 0.345 e. The van der Waals surface area contributed by atoms with Crippen LogP contribution in [0.3, 0.4) is 0 Å². The fourth-order valence-electron chi connectivity index (χ4n) is 8.35. The van der Waals surface area contributed by atoms with Gasteiger partial charge in [-0.15, -0.1) is 0 Å². The Kier molecular flexibility index (Phi) is 22.2. The molecule has 10 aromatic rings. The van der Waals surface area contributed by atoms with Crippen molar-refractivity contribution in [3.8, 4) is 23.0 Å². The van der Waals surface area contributed by atoms with Gasteiger partial charge >= 0.3 is 40.5 Å². The molecule has 0 saturated carbocycles. The molecular formula is C61H30F20O12S6+2. The van der Waals surface area contributed by atoms with Crippen molar-refractivity contribution in [3.05, 3.63) is 274 Å². The van der Waals surface area contributed by atoms with Crippen LogP contribution in [0, 0.1) is 116 Å². The molecule has 0 bridgehead atoms. The Bertz CT molecular complexity index is 4540. The minimum absolute atomic E-state index is 0. The maximum absolute atomic E-state index is 14.1. The summed E-state index contributed by atoms with van der Waals surface area (Å²) >= 11 is 0. The third-order valence-electron chi connectivity index (χ3n) is 12.7. The number of rotatable bonds is 18. The van der Waals surface area contributed by atoms with Crippen molar-refractivity contribution in [3.63, 3.8) is 0 Å². The average molecular weight is 1530 g/mol. The van der Waals surface area contributed by atoms with Crippen molar-refractivity contribution < 1.29 is 138 Å². The van der Waals surface area contributed by atoms with Crippen LogP contribution in [0.15, 0.2) is 207 Å². The van der Waals surface area contributed by atoms with Gasteiger partial charge in [-0.1, -0.05) is 43.8 Å². The van der Waals surface area contributed by atoms with E-state index in [2.05, 4.69) is 16.7 Å². The summed E-state index contributed by atoms with van der Waals surface area (Å²) < 4.78 is 394. The molecule has 99 heavy (non-hydrogen) atoms. The van der Waals surface area contributed by atoms with E-state index in [1.807, 2.05) is 0 Å². The number of halogens is 20. The second kappa shape index (κ2) is 29.1. The van der Waals surface area contributed by atoms with E-state index in [4.69, 9.17) is 0 Å². The summed E-state index contributed by atoms with van der Waals surface area (Å²) in [6.07, 6.45) is 0. The molecule has 0 saturated heterocycles. The van der Waals surface area contributed by atoms with E-state index in [0.717, 1.165) is 48.5 Å². The molecule has 0 amide bonds. The molecule has 10 rings (SSSR count). The van der Waals surface area contributed by atoms with Crippen LogP contribution >= 0.6 is 0 Å². The molecule has 520 valence electrons. The third-order valence-corrected chi connectivity index (χ3v) is 22.2. The van der Waals surface area contributed by atoms with Crippen LogP contribution in [0.1, 0.15) is 7.43 Å². The van der Waals surface area contributed by atoms with Crippen LogP contribution in [0.25, 0.3) is 0 Å². The molecule has 12 nitrogen and oxygen atoms in total. The number of benzene rings is 10. The zero-order valence-corrected chi connectivity index (χ0v) is 51.8. The van der Waals surface area contributed by atoms with Crippen LogP contribution in [0.4, 0.5) is 87.8 Å². The van der Waals surface area contributed by atoms with Gasteiger partial charge in [-0.3, -0.25) is 0 Å². The summed E-state index contributed by atoms with van der Waals surface area (Å²) in [5.41, 5.74) is 0. The van der Waals surface area contributed by atoms with Gasteiger partial charge in [-0.25, -0.2) is 87.8 Å². The van der Waals surface area contributed by atoms with Crippen molar-refractivity contribution in [1.82, 2.24) is 0 Å². The first-order valence-electron chi connectivity index (χ1n) is 25.7. The highest BCUT2D eigenvalue weighted by Crippen LogP contribution is 2.39. The second-order valence-electron chi connectivity index (χ2n) is 18.9. The molecule has 0 aliphatic carbocycles. The number of hydrogen-bond acceptors (Lipinski definition) is 12. The zero-order valence-electron chi connectivity index (χ0n) is 46.9. The Morgan fingerprint density at radius 1 is 0.192 bits per heavy atom. The first kappa shape index (κ1) is 75.3. The van der Waals surface area contributed by atoms with Gasteiger partial charge in [0.05, 0.1) is 21.8 Å². The zero-order chi connectivity index (χ0) is 72.0. The predicted octanol–water partition coefficient (Wildman–Crippen LogP) is 16.1. The largest absolute Gasteiger partial charge is 0.379 e. The topological polar surface area (TPSA) is 173 Å². The second-order valence-corrected chi connectivity index (χ2v) is 28.9. The lowest BCUT2D eigenvalue weighted by atomic mass is 10.3. The highest BCUT2D eigenvalue weighted by atomic mass is 32.2. The first-order valence-corrected chi connectivity index (χ1v) is 33.8. The van der Waals surface area contributed by atoms with E-state index in [-0.39, 0.29) is 7.43 Å². The molecule has 38 heteroatoms. The quantitative estimate of drug-likeness (QED) is 0.0262. The number of hydrogen-bond donors (Lipinski definition) is 0. The Morgan fingerprint density at radius 2 is 0.323 bits per heavy atom. The summed E-state index contributed by atoms with van der Waals surface area (Å²) in [4.78, 5) is -6.03. The van der Waals surface area contributed by atoms with Gasteiger partial charge in [0.25, 0.3) is 0 Å². The predicted molar refractivity (Wildman–Crippen MR) is 306 cm³/mol. The standard InChI is InChI=1S/2C30H13F10O6S3.CH4/c2*31-19-21(33)25(37)29(26(38)22(19)34)48(41,42)45-14-6-10-17(11-7-14)47(16-4-2-1-3-5-16)18-12-8-15(9-13-18)46-49(43,44)30-27(39)23(35)20(32)24(36)28(30)40;/h2*1-13H;1H4/q2*+1;. The van der Waals surface area contributed by atoms with E-state index in [9.17, 15) is 121 Å². The van der Waals surface area contributed by atoms with E-state index in [0.29, 0.717) is 29.4 Å². The SMILES string of the molecule is C.O=S(=O)(Oc1ccc([S+](c2ccccc2)c2ccc(OS(=O)(=O)c3c(F)c(F)c(F)c(F)c3F)cc2)cc1)c1c(F)c(F)c(F)c(F)c1F.O=S(=O)(Oc1ccc([S+](c2ccccc2)c2ccc(OS(=O)(=O)c3c(F)c(F)c(F)c(F)c3F)cc2)cc1)c1c(F)c(F)c(F)c(F)c1F. The van der Waals surface area contributed by atoms with Crippen molar-refractivity contribution >= 4 is 62.3 Å². The van der Waals surface area contributed by atoms with Crippen LogP contribution in [0.2, 0.25) is 0 Å². The molecular weight excluding hydrogens is 1500 g/mol. The van der Waals surface area contributed by atoms with Crippen molar-refractivity contribution in [2.45, 2.75) is 56.4 Å². The van der Waals surface area contributed by atoms with Gasteiger partial charge in [-0.2, -0.15) is 33.7 Å². The van der Waals surface area contributed by atoms with Crippen molar-refractivity contribution in [1.29, 1.82) is 0 Å². The monoisotopic (exact) mass is 1530 g/mol. The normalized spacial score (nSPS) is 11.9. The van der Waals surface area contributed by atoms with E-state index < -0.39 is 221 Å². The van der Waals surface area contributed by atoms with Crippen LogP contribution in [0.5, 0.6) is 23.0 Å². The van der Waals surface area contributed by atoms with Gasteiger partial charge in [0.1, 0.15) is 23.0 Å². The minimum Gasteiger partial charge on any atom is -0.379 e.